The number of rotatable bonds is 4. The van der Waals surface area contributed by atoms with Crippen LogP contribution in [0.15, 0.2) is 71.9 Å². The molecule has 0 bridgehead atoms. The summed E-state index contributed by atoms with van der Waals surface area (Å²) >= 11 is 0. The topological polar surface area (TPSA) is 99.1 Å². The number of anilines is 1. The Balaban J connectivity index is 1.38. The van der Waals surface area contributed by atoms with Crippen LogP contribution < -0.4 is 11.0 Å². The van der Waals surface area contributed by atoms with Gasteiger partial charge in [0.15, 0.2) is 11.3 Å². The first kappa shape index (κ1) is 17.8. The number of hydrogen-bond donors (Lipinski definition) is 1. The van der Waals surface area contributed by atoms with Gasteiger partial charge in [-0.2, -0.15) is 5.10 Å². The van der Waals surface area contributed by atoms with Crippen LogP contribution in [0.2, 0.25) is 0 Å². The first-order chi connectivity index (χ1) is 14.6. The average Bonchev–Trinajstić information content (AvgIpc) is 3.28. The number of fused-ring (bicyclic) bond motifs is 2. The lowest BCUT2D eigenvalue weighted by Crippen LogP contribution is -2.21. The van der Waals surface area contributed by atoms with E-state index in [9.17, 15) is 9.59 Å². The molecule has 0 aliphatic carbocycles. The average molecular weight is 399 g/mol. The van der Waals surface area contributed by atoms with Crippen LogP contribution in [0.25, 0.3) is 16.7 Å². The summed E-state index contributed by atoms with van der Waals surface area (Å²) < 4.78 is 4.55. The molecule has 0 fully saturated rings. The van der Waals surface area contributed by atoms with Crippen molar-refractivity contribution in [3.63, 3.8) is 0 Å². The van der Waals surface area contributed by atoms with Crippen molar-refractivity contribution in [1.82, 2.24) is 28.9 Å². The number of pyridine rings is 2. The lowest BCUT2D eigenvalue weighted by atomic mass is 10.2. The number of carbonyl (C=O) groups is 1. The van der Waals surface area contributed by atoms with Crippen LogP contribution in [-0.2, 0) is 13.6 Å². The maximum absolute atomic E-state index is 12.7. The Morgan fingerprint density at radius 3 is 2.87 bits per heavy atom. The summed E-state index contributed by atoms with van der Waals surface area (Å²) in [5.41, 5.74) is 3.00. The molecule has 0 aliphatic heterocycles. The first-order valence-corrected chi connectivity index (χ1v) is 9.31. The van der Waals surface area contributed by atoms with Gasteiger partial charge in [-0.3, -0.25) is 13.9 Å². The highest BCUT2D eigenvalue weighted by Gasteiger charge is 2.11. The Kier molecular flexibility index (Phi) is 4.13. The molecular formula is C21H17N7O2. The van der Waals surface area contributed by atoms with Gasteiger partial charge in [0.05, 0.1) is 18.3 Å². The Labute approximate surface area is 170 Å². The largest absolute Gasteiger partial charge is 0.350 e. The monoisotopic (exact) mass is 399 g/mol. The number of nitrogens with one attached hydrogen (secondary N) is 1. The van der Waals surface area contributed by atoms with Crippen molar-refractivity contribution in [3.05, 3.63) is 88.7 Å². The highest BCUT2D eigenvalue weighted by atomic mass is 16.2. The van der Waals surface area contributed by atoms with Crippen LogP contribution in [0.5, 0.6) is 0 Å². The van der Waals surface area contributed by atoms with Crippen LogP contribution in [0.4, 0.5) is 5.69 Å². The van der Waals surface area contributed by atoms with E-state index in [2.05, 4.69) is 20.5 Å². The molecular weight excluding hydrogens is 382 g/mol. The lowest BCUT2D eigenvalue weighted by Gasteiger charge is -2.07. The van der Waals surface area contributed by atoms with Gasteiger partial charge in [-0.15, -0.1) is 5.10 Å². The van der Waals surface area contributed by atoms with E-state index in [4.69, 9.17) is 0 Å². The fourth-order valence-electron chi connectivity index (χ4n) is 3.36. The summed E-state index contributed by atoms with van der Waals surface area (Å²) in [5, 5.41) is 12.2. The molecule has 5 aromatic rings. The minimum absolute atomic E-state index is 0.212. The molecule has 0 radical (unpaired) electrons. The Bertz CT molecular complexity index is 1460. The van der Waals surface area contributed by atoms with Gasteiger partial charge in [0.25, 0.3) is 5.91 Å². The summed E-state index contributed by atoms with van der Waals surface area (Å²) in [4.78, 5) is 29.4. The number of amides is 1. The summed E-state index contributed by atoms with van der Waals surface area (Å²) in [6.07, 6.45) is 4.89. The van der Waals surface area contributed by atoms with E-state index in [1.165, 1.54) is 15.3 Å². The van der Waals surface area contributed by atoms with E-state index < -0.39 is 0 Å². The summed E-state index contributed by atoms with van der Waals surface area (Å²) in [6, 6.07) is 14.5. The van der Waals surface area contributed by atoms with Crippen molar-refractivity contribution in [2.75, 3.05) is 5.32 Å². The van der Waals surface area contributed by atoms with Crippen LogP contribution >= 0.6 is 0 Å². The van der Waals surface area contributed by atoms with Crippen LogP contribution in [0, 0.1) is 0 Å². The molecule has 0 saturated heterocycles. The zero-order valence-electron chi connectivity index (χ0n) is 16.1. The fraction of sp³-hybridized carbons (Fsp3) is 0.0952. The molecule has 1 amide bonds. The van der Waals surface area contributed by atoms with E-state index in [1.54, 1.807) is 48.4 Å². The Hall–Kier alpha value is -4.27. The van der Waals surface area contributed by atoms with Crippen LogP contribution in [0.1, 0.15) is 15.9 Å². The highest BCUT2D eigenvalue weighted by molar-refractivity contribution is 6.05. The van der Waals surface area contributed by atoms with Gasteiger partial charge in [0.2, 0.25) is 0 Å². The third-order valence-corrected chi connectivity index (χ3v) is 4.84. The van der Waals surface area contributed by atoms with Gasteiger partial charge in [0, 0.05) is 30.5 Å². The third-order valence-electron chi connectivity index (χ3n) is 4.84. The third kappa shape index (κ3) is 3.12. The molecule has 0 unspecified atom stereocenters. The standard InChI is InChI=1S/C21H17N7O2/c1-26-19-15(12-23-26)10-16(11-22-19)20(29)24-17-6-4-5-14(9-17)13-28-21(30)27-8-3-2-7-18(27)25-28/h2-12H,13H2,1H3,(H,24,29). The number of aromatic nitrogens is 6. The molecule has 4 heterocycles. The van der Waals surface area contributed by atoms with Gasteiger partial charge in [-0.1, -0.05) is 18.2 Å². The molecule has 4 aromatic heterocycles. The normalized spacial score (nSPS) is 11.2. The second kappa shape index (κ2) is 6.96. The van der Waals surface area contributed by atoms with E-state index >= 15 is 0 Å². The molecule has 9 heteroatoms. The zero-order valence-corrected chi connectivity index (χ0v) is 16.1. The smallest absolute Gasteiger partial charge is 0.322 e. The molecule has 30 heavy (non-hydrogen) atoms. The maximum Gasteiger partial charge on any atom is 0.350 e. The number of carbonyl (C=O) groups excluding carboxylic acids is 1. The number of benzene rings is 1. The minimum atomic E-state index is -0.268. The molecule has 148 valence electrons. The molecule has 0 saturated carbocycles. The van der Waals surface area contributed by atoms with Gasteiger partial charge >= 0.3 is 5.69 Å². The summed E-state index contributed by atoms with van der Waals surface area (Å²) in [6.45, 7) is 0.299. The summed E-state index contributed by atoms with van der Waals surface area (Å²) in [5.74, 6) is -0.268. The second-order valence-corrected chi connectivity index (χ2v) is 6.93. The maximum atomic E-state index is 12.7. The van der Waals surface area contributed by atoms with Crippen molar-refractivity contribution in [3.8, 4) is 0 Å². The van der Waals surface area contributed by atoms with Crippen molar-refractivity contribution < 1.29 is 4.79 Å². The van der Waals surface area contributed by atoms with Gasteiger partial charge in [0.1, 0.15) is 0 Å². The minimum Gasteiger partial charge on any atom is -0.322 e. The Morgan fingerprint density at radius 1 is 1.10 bits per heavy atom. The zero-order chi connectivity index (χ0) is 20.7. The Morgan fingerprint density at radius 2 is 2.00 bits per heavy atom. The quantitative estimate of drug-likeness (QED) is 0.499. The molecule has 0 atom stereocenters. The molecule has 0 spiro atoms. The molecule has 5 rings (SSSR count). The van der Waals surface area contributed by atoms with Gasteiger partial charge < -0.3 is 5.32 Å². The van der Waals surface area contributed by atoms with Crippen molar-refractivity contribution in [2.24, 2.45) is 7.05 Å². The number of nitrogens with zero attached hydrogens (tertiary/aromatic N) is 6. The van der Waals surface area contributed by atoms with Gasteiger partial charge in [-0.05, 0) is 35.9 Å². The summed E-state index contributed by atoms with van der Waals surface area (Å²) in [7, 11) is 1.80. The number of hydrogen-bond acceptors (Lipinski definition) is 5. The molecule has 1 N–H and O–H groups in total. The van der Waals surface area contributed by atoms with Crippen LogP contribution in [0.3, 0.4) is 0 Å². The van der Waals surface area contributed by atoms with E-state index in [1.807, 2.05) is 24.3 Å². The lowest BCUT2D eigenvalue weighted by molar-refractivity contribution is 0.102. The molecule has 0 aliphatic rings. The van der Waals surface area contributed by atoms with Crippen LogP contribution in [-0.4, -0.2) is 34.9 Å². The first-order valence-electron chi connectivity index (χ1n) is 9.31. The molecule has 9 nitrogen and oxygen atoms in total. The van der Waals surface area contributed by atoms with Gasteiger partial charge in [-0.25, -0.2) is 14.5 Å². The van der Waals surface area contributed by atoms with E-state index in [0.29, 0.717) is 29.1 Å². The fourth-order valence-corrected chi connectivity index (χ4v) is 3.36. The molecule has 1 aromatic carbocycles. The predicted octanol–water partition coefficient (Wildman–Crippen LogP) is 2.08. The second-order valence-electron chi connectivity index (χ2n) is 6.93. The van der Waals surface area contributed by atoms with E-state index in [-0.39, 0.29) is 11.6 Å². The number of aryl methyl sites for hydroxylation is 1. The predicted molar refractivity (Wildman–Crippen MR) is 111 cm³/mol. The van der Waals surface area contributed by atoms with Crippen molar-refractivity contribution in [1.29, 1.82) is 0 Å². The highest BCUT2D eigenvalue weighted by Crippen LogP contribution is 2.16. The SMILES string of the molecule is Cn1ncc2cc(C(=O)Nc3cccc(Cn4nc5ccccn5c4=O)c3)cnc21. The van der Waals surface area contributed by atoms with Crippen molar-refractivity contribution in [2.45, 2.75) is 6.54 Å². The van der Waals surface area contributed by atoms with Crippen molar-refractivity contribution >= 4 is 28.3 Å². The van der Waals surface area contributed by atoms with E-state index in [0.717, 1.165) is 10.9 Å².